The van der Waals surface area contributed by atoms with Crippen LogP contribution in [0.15, 0.2) is 47.1 Å². The lowest BCUT2D eigenvalue weighted by molar-refractivity contribution is 0.0945. The zero-order valence-electron chi connectivity index (χ0n) is 13.7. The van der Waals surface area contributed by atoms with E-state index in [2.05, 4.69) is 15.3 Å². The molecule has 1 saturated carbocycles. The molecule has 0 unspecified atom stereocenters. The predicted molar refractivity (Wildman–Crippen MR) is 93.4 cm³/mol. The molecule has 1 aromatic carbocycles. The van der Waals surface area contributed by atoms with Gasteiger partial charge in [-0.1, -0.05) is 6.07 Å². The molecular weight excluding hydrogens is 316 g/mol. The molecule has 25 heavy (non-hydrogen) atoms. The van der Waals surface area contributed by atoms with Crippen LogP contribution >= 0.6 is 0 Å². The normalized spacial score (nSPS) is 14.3. The highest BCUT2D eigenvalue weighted by atomic mass is 16.3. The number of nitrogens with zero attached hydrogens (tertiary/aromatic N) is 3. The first-order valence-electron chi connectivity index (χ1n) is 8.33. The number of aromatic nitrogens is 3. The second-order valence-electron chi connectivity index (χ2n) is 6.45. The first-order chi connectivity index (χ1) is 12.2. The van der Waals surface area contributed by atoms with Crippen LogP contribution in [-0.4, -0.2) is 26.3 Å². The van der Waals surface area contributed by atoms with Crippen molar-refractivity contribution in [2.24, 2.45) is 0 Å². The standard InChI is InChI=1S/C19H16N4O2/c1-11-21-15-8-12(2-6-17(15)25-11)13-3-7-18-20-9-16(23(18)10-13)19(24)22-14-4-5-14/h2-3,6-10,14H,4-5H2,1H3,(H,22,24). The van der Waals surface area contributed by atoms with Gasteiger partial charge in [0, 0.05) is 19.2 Å². The van der Waals surface area contributed by atoms with Gasteiger partial charge in [0.25, 0.3) is 5.91 Å². The van der Waals surface area contributed by atoms with E-state index in [1.807, 2.05) is 47.9 Å². The minimum Gasteiger partial charge on any atom is -0.441 e. The van der Waals surface area contributed by atoms with Gasteiger partial charge in [-0.25, -0.2) is 9.97 Å². The Morgan fingerprint density at radius 2 is 2.08 bits per heavy atom. The van der Waals surface area contributed by atoms with Gasteiger partial charge in [-0.15, -0.1) is 0 Å². The predicted octanol–water partition coefficient (Wildman–Crippen LogP) is 3.34. The number of carbonyl (C=O) groups is 1. The molecule has 124 valence electrons. The van der Waals surface area contributed by atoms with Crippen LogP contribution in [0.2, 0.25) is 0 Å². The monoisotopic (exact) mass is 332 g/mol. The molecule has 1 fully saturated rings. The molecule has 6 nitrogen and oxygen atoms in total. The molecule has 0 atom stereocenters. The van der Waals surface area contributed by atoms with Gasteiger partial charge in [-0.05, 0) is 48.2 Å². The van der Waals surface area contributed by atoms with Crippen LogP contribution in [0.1, 0.15) is 29.2 Å². The maximum Gasteiger partial charge on any atom is 0.270 e. The van der Waals surface area contributed by atoms with Crippen molar-refractivity contribution in [3.05, 3.63) is 54.3 Å². The van der Waals surface area contributed by atoms with E-state index >= 15 is 0 Å². The van der Waals surface area contributed by atoms with Gasteiger partial charge in [0.15, 0.2) is 11.5 Å². The fraction of sp³-hybridized carbons (Fsp3) is 0.211. The van der Waals surface area contributed by atoms with Crippen molar-refractivity contribution >= 4 is 22.7 Å². The molecule has 1 amide bonds. The number of hydrogen-bond donors (Lipinski definition) is 1. The van der Waals surface area contributed by atoms with Crippen molar-refractivity contribution in [1.82, 2.24) is 19.7 Å². The smallest absolute Gasteiger partial charge is 0.270 e. The Balaban J connectivity index is 1.59. The molecule has 0 spiro atoms. The van der Waals surface area contributed by atoms with Crippen LogP contribution < -0.4 is 5.32 Å². The van der Waals surface area contributed by atoms with E-state index in [-0.39, 0.29) is 5.91 Å². The molecule has 1 N–H and O–H groups in total. The van der Waals surface area contributed by atoms with E-state index < -0.39 is 0 Å². The number of hydrogen-bond acceptors (Lipinski definition) is 4. The van der Waals surface area contributed by atoms with Crippen molar-refractivity contribution in [1.29, 1.82) is 0 Å². The maximum absolute atomic E-state index is 12.4. The summed E-state index contributed by atoms with van der Waals surface area (Å²) in [5.74, 6) is 0.575. The summed E-state index contributed by atoms with van der Waals surface area (Å²) in [5, 5.41) is 3.01. The van der Waals surface area contributed by atoms with Gasteiger partial charge in [0.2, 0.25) is 0 Å². The summed E-state index contributed by atoms with van der Waals surface area (Å²) in [6.45, 7) is 1.84. The average molecular weight is 332 g/mol. The van der Waals surface area contributed by atoms with Gasteiger partial charge < -0.3 is 9.73 Å². The van der Waals surface area contributed by atoms with Gasteiger partial charge in [-0.2, -0.15) is 0 Å². The van der Waals surface area contributed by atoms with Gasteiger partial charge in [0.05, 0.1) is 6.20 Å². The lowest BCUT2D eigenvalue weighted by Crippen LogP contribution is -2.26. The molecule has 3 heterocycles. The summed E-state index contributed by atoms with van der Waals surface area (Å²) in [7, 11) is 0. The second kappa shape index (κ2) is 5.17. The van der Waals surface area contributed by atoms with Crippen molar-refractivity contribution < 1.29 is 9.21 Å². The largest absolute Gasteiger partial charge is 0.441 e. The molecule has 5 rings (SSSR count). The topological polar surface area (TPSA) is 72.4 Å². The maximum atomic E-state index is 12.4. The van der Waals surface area contributed by atoms with E-state index in [0.717, 1.165) is 40.7 Å². The lowest BCUT2D eigenvalue weighted by Gasteiger charge is -2.06. The molecule has 6 heteroatoms. The Morgan fingerprint density at radius 3 is 2.92 bits per heavy atom. The molecule has 4 aromatic rings. The van der Waals surface area contributed by atoms with Crippen LogP contribution in [0.3, 0.4) is 0 Å². The number of pyridine rings is 1. The molecule has 0 aliphatic heterocycles. The van der Waals surface area contributed by atoms with Crippen LogP contribution in [0, 0.1) is 6.92 Å². The summed E-state index contributed by atoms with van der Waals surface area (Å²) >= 11 is 0. The minimum atomic E-state index is -0.0743. The second-order valence-corrected chi connectivity index (χ2v) is 6.45. The van der Waals surface area contributed by atoms with Crippen molar-refractivity contribution in [3.8, 4) is 11.1 Å². The van der Waals surface area contributed by atoms with Crippen LogP contribution in [0.4, 0.5) is 0 Å². The molecule has 0 bridgehead atoms. The molecule has 0 saturated heterocycles. The minimum absolute atomic E-state index is 0.0743. The summed E-state index contributed by atoms with van der Waals surface area (Å²) < 4.78 is 7.37. The van der Waals surface area contributed by atoms with Crippen molar-refractivity contribution in [2.45, 2.75) is 25.8 Å². The van der Waals surface area contributed by atoms with E-state index in [1.165, 1.54) is 0 Å². The number of oxazole rings is 1. The molecule has 1 aliphatic carbocycles. The SMILES string of the molecule is Cc1nc2cc(-c3ccc4ncc(C(=O)NC5CC5)n4c3)ccc2o1. The molecule has 1 aliphatic rings. The third-order valence-electron chi connectivity index (χ3n) is 4.48. The first-order valence-corrected chi connectivity index (χ1v) is 8.33. The highest BCUT2D eigenvalue weighted by molar-refractivity contribution is 5.94. The third kappa shape index (κ3) is 2.46. The highest BCUT2D eigenvalue weighted by Crippen LogP contribution is 2.26. The van der Waals surface area contributed by atoms with Crippen LogP contribution in [0.25, 0.3) is 27.9 Å². The molecule has 3 aromatic heterocycles. The van der Waals surface area contributed by atoms with Crippen LogP contribution in [-0.2, 0) is 0 Å². The average Bonchev–Trinajstić information content (AvgIpc) is 3.18. The van der Waals surface area contributed by atoms with Crippen molar-refractivity contribution in [2.75, 3.05) is 0 Å². The lowest BCUT2D eigenvalue weighted by atomic mass is 10.1. The Morgan fingerprint density at radius 1 is 1.24 bits per heavy atom. The third-order valence-corrected chi connectivity index (χ3v) is 4.48. The fourth-order valence-electron chi connectivity index (χ4n) is 3.03. The first kappa shape index (κ1) is 14.2. The summed E-state index contributed by atoms with van der Waals surface area (Å²) in [4.78, 5) is 21.1. The van der Waals surface area contributed by atoms with E-state index in [0.29, 0.717) is 17.6 Å². The quantitative estimate of drug-likeness (QED) is 0.624. The molecular formula is C19H16N4O2. The van der Waals surface area contributed by atoms with Gasteiger partial charge in [0.1, 0.15) is 16.9 Å². The Kier molecular flexibility index (Phi) is 2.94. The Hall–Kier alpha value is -3.15. The number of aryl methyl sites for hydroxylation is 1. The summed E-state index contributed by atoms with van der Waals surface area (Å²) in [6.07, 6.45) is 5.69. The van der Waals surface area contributed by atoms with E-state index in [1.54, 1.807) is 6.20 Å². The van der Waals surface area contributed by atoms with Gasteiger partial charge >= 0.3 is 0 Å². The highest BCUT2D eigenvalue weighted by Gasteiger charge is 2.25. The Bertz CT molecular complexity index is 1120. The number of carbonyl (C=O) groups excluding carboxylic acids is 1. The summed E-state index contributed by atoms with van der Waals surface area (Å²) in [6, 6.07) is 10.1. The zero-order chi connectivity index (χ0) is 17.0. The van der Waals surface area contributed by atoms with E-state index in [4.69, 9.17) is 4.42 Å². The summed E-state index contributed by atoms with van der Waals surface area (Å²) in [5.41, 5.74) is 4.92. The Labute approximate surface area is 143 Å². The number of imidazole rings is 1. The van der Waals surface area contributed by atoms with E-state index in [9.17, 15) is 4.79 Å². The van der Waals surface area contributed by atoms with Crippen molar-refractivity contribution in [3.63, 3.8) is 0 Å². The molecule has 0 radical (unpaired) electrons. The number of rotatable bonds is 3. The number of amides is 1. The number of benzene rings is 1. The number of nitrogens with one attached hydrogen (secondary N) is 1. The zero-order valence-corrected chi connectivity index (χ0v) is 13.7. The number of fused-ring (bicyclic) bond motifs is 2. The van der Waals surface area contributed by atoms with Gasteiger partial charge in [-0.3, -0.25) is 9.20 Å². The van der Waals surface area contributed by atoms with Crippen LogP contribution in [0.5, 0.6) is 0 Å². The fourth-order valence-corrected chi connectivity index (χ4v) is 3.03.